The van der Waals surface area contributed by atoms with Crippen molar-refractivity contribution in [2.45, 2.75) is 45.1 Å². The summed E-state index contributed by atoms with van der Waals surface area (Å²) in [5.41, 5.74) is 0. The highest BCUT2D eigenvalue weighted by Gasteiger charge is 2.27. The van der Waals surface area contributed by atoms with E-state index in [2.05, 4.69) is 23.4 Å². The molecule has 2 aromatic rings. The minimum atomic E-state index is 0.170. The van der Waals surface area contributed by atoms with Crippen molar-refractivity contribution in [1.29, 1.82) is 0 Å². The van der Waals surface area contributed by atoms with Crippen molar-refractivity contribution in [3.63, 3.8) is 0 Å². The van der Waals surface area contributed by atoms with E-state index < -0.39 is 0 Å². The van der Waals surface area contributed by atoms with Crippen molar-refractivity contribution < 1.29 is 9.53 Å². The number of para-hydroxylation sites is 1. The van der Waals surface area contributed by atoms with Gasteiger partial charge in [0.05, 0.1) is 13.0 Å². The summed E-state index contributed by atoms with van der Waals surface area (Å²) in [6, 6.07) is 10.0. The Morgan fingerprint density at radius 1 is 1.32 bits per heavy atom. The lowest BCUT2D eigenvalue weighted by atomic mass is 9.96. The van der Waals surface area contributed by atoms with Gasteiger partial charge < -0.3 is 14.2 Å². The van der Waals surface area contributed by atoms with Crippen LogP contribution in [0.15, 0.2) is 42.7 Å². The zero-order chi connectivity index (χ0) is 17.6. The summed E-state index contributed by atoms with van der Waals surface area (Å²) in [4.78, 5) is 19.1. The molecule has 0 bridgehead atoms. The fourth-order valence-electron chi connectivity index (χ4n) is 3.42. The van der Waals surface area contributed by atoms with Crippen LogP contribution in [0.25, 0.3) is 0 Å². The molecule has 1 unspecified atom stereocenters. The third kappa shape index (κ3) is 4.41. The molecule has 0 saturated carbocycles. The first-order valence-corrected chi connectivity index (χ1v) is 9.13. The molecule has 0 N–H and O–H groups in total. The number of amides is 1. The summed E-state index contributed by atoms with van der Waals surface area (Å²) in [7, 11) is 0. The van der Waals surface area contributed by atoms with Gasteiger partial charge >= 0.3 is 0 Å². The molecule has 0 radical (unpaired) electrons. The minimum Gasteiger partial charge on any atom is -0.493 e. The van der Waals surface area contributed by atoms with Crippen LogP contribution in [-0.4, -0.2) is 40.1 Å². The second kappa shape index (κ2) is 8.19. The number of carbonyl (C=O) groups is 1. The molecular formula is C20H27N3O2. The van der Waals surface area contributed by atoms with Crippen LogP contribution in [0.5, 0.6) is 5.75 Å². The normalized spacial score (nSPS) is 17.7. The monoisotopic (exact) mass is 341 g/mol. The number of benzene rings is 1. The van der Waals surface area contributed by atoms with Crippen LogP contribution < -0.4 is 4.74 Å². The summed E-state index contributed by atoms with van der Waals surface area (Å²) in [5.74, 6) is 2.41. The topological polar surface area (TPSA) is 47.4 Å². The predicted molar refractivity (Wildman–Crippen MR) is 97.7 cm³/mol. The van der Waals surface area contributed by atoms with Crippen LogP contribution in [0, 0.1) is 0 Å². The Morgan fingerprint density at radius 2 is 2.12 bits per heavy atom. The Bertz CT molecular complexity index is 681. The molecule has 0 aliphatic carbocycles. The molecule has 1 amide bonds. The van der Waals surface area contributed by atoms with E-state index in [1.54, 1.807) is 0 Å². The number of likely N-dealkylation sites (tertiary alicyclic amines) is 1. The van der Waals surface area contributed by atoms with Gasteiger partial charge in [-0.2, -0.15) is 0 Å². The number of aromatic nitrogens is 2. The highest BCUT2D eigenvalue weighted by molar-refractivity contribution is 5.76. The van der Waals surface area contributed by atoms with Gasteiger partial charge in [0.1, 0.15) is 11.6 Å². The van der Waals surface area contributed by atoms with Crippen molar-refractivity contribution in [1.82, 2.24) is 14.5 Å². The van der Waals surface area contributed by atoms with Gasteiger partial charge in [-0.05, 0) is 38.8 Å². The number of hydrogen-bond donors (Lipinski definition) is 0. The van der Waals surface area contributed by atoms with E-state index in [1.165, 1.54) is 0 Å². The first-order valence-electron chi connectivity index (χ1n) is 9.13. The standard InChI is InChI=1S/C20H27N3O2/c1-16(2)23-13-11-21-20(23)17-7-6-12-22(15-17)19(24)10-14-25-18-8-4-3-5-9-18/h3-5,8-9,11,13,16-17H,6-7,10,12,14-15H2,1-2H3. The quantitative estimate of drug-likeness (QED) is 0.806. The van der Waals surface area contributed by atoms with Gasteiger partial charge in [-0.15, -0.1) is 0 Å². The Kier molecular flexibility index (Phi) is 5.74. The number of carbonyl (C=O) groups excluding carboxylic acids is 1. The highest BCUT2D eigenvalue weighted by atomic mass is 16.5. The molecular weight excluding hydrogens is 314 g/mol. The lowest BCUT2D eigenvalue weighted by Crippen LogP contribution is -2.40. The second-order valence-corrected chi connectivity index (χ2v) is 6.88. The van der Waals surface area contributed by atoms with Gasteiger partial charge in [-0.1, -0.05) is 18.2 Å². The molecule has 1 aliphatic rings. The molecule has 1 saturated heterocycles. The Labute approximate surface area is 149 Å². The Hall–Kier alpha value is -2.30. The van der Waals surface area contributed by atoms with Crippen LogP contribution in [0.2, 0.25) is 0 Å². The van der Waals surface area contributed by atoms with E-state index in [0.717, 1.165) is 37.5 Å². The molecule has 0 spiro atoms. The summed E-state index contributed by atoms with van der Waals surface area (Å²) >= 11 is 0. The summed E-state index contributed by atoms with van der Waals surface area (Å²) in [6.07, 6.45) is 6.44. The van der Waals surface area contributed by atoms with Gasteiger partial charge in [0.2, 0.25) is 5.91 Å². The van der Waals surface area contributed by atoms with Gasteiger partial charge in [0.25, 0.3) is 0 Å². The predicted octanol–water partition coefficient (Wildman–Crippen LogP) is 3.64. The summed E-state index contributed by atoms with van der Waals surface area (Å²) in [6.45, 7) is 6.34. The van der Waals surface area contributed by atoms with Gasteiger partial charge in [0, 0.05) is 37.4 Å². The fraction of sp³-hybridized carbons (Fsp3) is 0.500. The molecule has 1 aromatic carbocycles. The third-order valence-corrected chi connectivity index (χ3v) is 4.72. The molecule has 3 rings (SSSR count). The Balaban J connectivity index is 1.54. The lowest BCUT2D eigenvalue weighted by molar-refractivity contribution is -0.133. The van der Waals surface area contributed by atoms with Crippen molar-refractivity contribution in [2.24, 2.45) is 0 Å². The smallest absolute Gasteiger partial charge is 0.226 e. The average molecular weight is 341 g/mol. The molecule has 5 heteroatoms. The van der Waals surface area contributed by atoms with E-state index in [0.29, 0.717) is 25.0 Å². The fourth-order valence-corrected chi connectivity index (χ4v) is 3.42. The first kappa shape index (κ1) is 17.5. The number of hydrogen-bond acceptors (Lipinski definition) is 3. The van der Waals surface area contributed by atoms with Crippen molar-refractivity contribution >= 4 is 5.91 Å². The third-order valence-electron chi connectivity index (χ3n) is 4.72. The van der Waals surface area contributed by atoms with Gasteiger partial charge in [-0.25, -0.2) is 4.98 Å². The molecule has 134 valence electrons. The van der Waals surface area contributed by atoms with Gasteiger partial charge in [0.15, 0.2) is 0 Å². The van der Waals surface area contributed by atoms with E-state index in [9.17, 15) is 4.79 Å². The summed E-state index contributed by atoms with van der Waals surface area (Å²) < 4.78 is 7.87. The second-order valence-electron chi connectivity index (χ2n) is 6.88. The van der Waals surface area contributed by atoms with E-state index in [4.69, 9.17) is 4.74 Å². The first-order chi connectivity index (χ1) is 12.1. The SMILES string of the molecule is CC(C)n1ccnc1C1CCCN(C(=O)CCOc2ccccc2)C1. The molecule has 5 nitrogen and oxygen atoms in total. The number of rotatable bonds is 6. The maximum absolute atomic E-state index is 12.5. The maximum Gasteiger partial charge on any atom is 0.226 e. The van der Waals surface area contributed by atoms with E-state index in [1.807, 2.05) is 47.6 Å². The van der Waals surface area contributed by atoms with Crippen LogP contribution in [-0.2, 0) is 4.79 Å². The maximum atomic E-state index is 12.5. The molecule has 2 heterocycles. The molecule has 1 aliphatic heterocycles. The molecule has 1 aromatic heterocycles. The zero-order valence-corrected chi connectivity index (χ0v) is 15.1. The van der Waals surface area contributed by atoms with Crippen LogP contribution >= 0.6 is 0 Å². The molecule has 25 heavy (non-hydrogen) atoms. The van der Waals surface area contributed by atoms with Crippen LogP contribution in [0.3, 0.4) is 0 Å². The molecule has 1 atom stereocenters. The van der Waals surface area contributed by atoms with Crippen molar-refractivity contribution in [2.75, 3.05) is 19.7 Å². The highest BCUT2D eigenvalue weighted by Crippen LogP contribution is 2.27. The van der Waals surface area contributed by atoms with E-state index in [-0.39, 0.29) is 5.91 Å². The lowest BCUT2D eigenvalue weighted by Gasteiger charge is -2.33. The number of imidazole rings is 1. The van der Waals surface area contributed by atoms with E-state index >= 15 is 0 Å². The average Bonchev–Trinajstić information content (AvgIpc) is 3.13. The number of ether oxygens (including phenoxy) is 1. The molecule has 1 fully saturated rings. The van der Waals surface area contributed by atoms with Crippen LogP contribution in [0.1, 0.15) is 50.9 Å². The minimum absolute atomic E-state index is 0.170. The van der Waals surface area contributed by atoms with Crippen molar-refractivity contribution in [3.05, 3.63) is 48.5 Å². The largest absolute Gasteiger partial charge is 0.493 e. The Morgan fingerprint density at radius 3 is 2.88 bits per heavy atom. The van der Waals surface area contributed by atoms with Gasteiger partial charge in [-0.3, -0.25) is 4.79 Å². The van der Waals surface area contributed by atoms with Crippen LogP contribution in [0.4, 0.5) is 0 Å². The number of piperidine rings is 1. The summed E-state index contributed by atoms with van der Waals surface area (Å²) in [5, 5.41) is 0. The van der Waals surface area contributed by atoms with Crippen molar-refractivity contribution in [3.8, 4) is 5.75 Å². The number of nitrogens with zero attached hydrogens (tertiary/aromatic N) is 3. The zero-order valence-electron chi connectivity index (χ0n) is 15.1.